The number of carbonyl (C=O) groups excluding carboxylic acids is 1. The predicted molar refractivity (Wildman–Crippen MR) is 88.7 cm³/mol. The molecular weight excluding hydrogens is 274 g/mol. The number of hydrogen-bond acceptors (Lipinski definition) is 3. The molecule has 1 heterocycles. The van der Waals surface area contributed by atoms with Crippen molar-refractivity contribution in [1.29, 1.82) is 0 Å². The van der Waals surface area contributed by atoms with E-state index in [2.05, 4.69) is 46.8 Å². The van der Waals surface area contributed by atoms with Gasteiger partial charge in [0, 0.05) is 25.5 Å². The number of pyridine rings is 1. The molecule has 4 nitrogen and oxygen atoms in total. The van der Waals surface area contributed by atoms with Crippen LogP contribution in [0, 0.1) is 0 Å². The Morgan fingerprint density at radius 3 is 2.77 bits per heavy atom. The van der Waals surface area contributed by atoms with E-state index in [0.717, 1.165) is 25.9 Å². The third kappa shape index (κ3) is 5.30. The average molecular weight is 297 g/mol. The number of benzene rings is 1. The van der Waals surface area contributed by atoms with Gasteiger partial charge in [-0.25, -0.2) is 0 Å². The first-order valence-electron chi connectivity index (χ1n) is 7.76. The minimum absolute atomic E-state index is 0.0660. The summed E-state index contributed by atoms with van der Waals surface area (Å²) in [5.41, 5.74) is 3.27. The van der Waals surface area contributed by atoms with Crippen LogP contribution in [0.25, 0.3) is 0 Å². The van der Waals surface area contributed by atoms with Crippen molar-refractivity contribution in [3.63, 3.8) is 0 Å². The summed E-state index contributed by atoms with van der Waals surface area (Å²) >= 11 is 0. The first kappa shape index (κ1) is 16.2. The summed E-state index contributed by atoms with van der Waals surface area (Å²) in [4.78, 5) is 15.7. The van der Waals surface area contributed by atoms with E-state index in [-0.39, 0.29) is 5.91 Å². The van der Waals surface area contributed by atoms with Gasteiger partial charge in [-0.05, 0) is 42.6 Å². The Balaban J connectivity index is 1.60. The molecule has 1 amide bonds. The standard InChI is InChI=1S/C18H23N3O/c1-2-15-6-3-7-16(12-15)13-19-10-5-11-21-18(22)17-8-4-9-20-14-17/h3-4,6-9,12,14,19H,2,5,10-11,13H2,1H3,(H,21,22). The normalized spacial score (nSPS) is 10.4. The second-order valence-corrected chi connectivity index (χ2v) is 5.20. The van der Waals surface area contributed by atoms with Crippen LogP contribution in [0.15, 0.2) is 48.8 Å². The summed E-state index contributed by atoms with van der Waals surface area (Å²) in [5, 5.41) is 6.30. The van der Waals surface area contributed by atoms with Crippen LogP contribution < -0.4 is 10.6 Å². The maximum Gasteiger partial charge on any atom is 0.252 e. The number of amides is 1. The average Bonchev–Trinajstić information content (AvgIpc) is 2.58. The Bertz CT molecular complexity index is 584. The molecule has 116 valence electrons. The van der Waals surface area contributed by atoms with Crippen molar-refractivity contribution in [2.24, 2.45) is 0 Å². The molecule has 0 aliphatic rings. The van der Waals surface area contributed by atoms with Crippen LogP contribution in [0.4, 0.5) is 0 Å². The maximum absolute atomic E-state index is 11.8. The highest BCUT2D eigenvalue weighted by atomic mass is 16.1. The molecule has 0 fully saturated rings. The van der Waals surface area contributed by atoms with Gasteiger partial charge in [0.15, 0.2) is 0 Å². The highest BCUT2D eigenvalue weighted by Gasteiger charge is 2.03. The molecule has 0 atom stereocenters. The number of nitrogens with zero attached hydrogens (tertiary/aromatic N) is 1. The van der Waals surface area contributed by atoms with Crippen molar-refractivity contribution >= 4 is 5.91 Å². The van der Waals surface area contributed by atoms with Crippen LogP contribution in [0.1, 0.15) is 34.8 Å². The van der Waals surface area contributed by atoms with Crippen LogP contribution in [-0.4, -0.2) is 24.0 Å². The molecule has 0 aliphatic carbocycles. The molecule has 0 saturated heterocycles. The van der Waals surface area contributed by atoms with Crippen LogP contribution >= 0.6 is 0 Å². The van der Waals surface area contributed by atoms with Crippen molar-refractivity contribution in [3.05, 3.63) is 65.5 Å². The van der Waals surface area contributed by atoms with Crippen molar-refractivity contribution in [3.8, 4) is 0 Å². The van der Waals surface area contributed by atoms with Crippen molar-refractivity contribution in [2.45, 2.75) is 26.3 Å². The highest BCUT2D eigenvalue weighted by Crippen LogP contribution is 2.05. The Labute approximate surface area is 132 Å². The molecular formula is C18H23N3O. The molecule has 2 rings (SSSR count). The van der Waals surface area contributed by atoms with Gasteiger partial charge in [0.25, 0.3) is 5.91 Å². The highest BCUT2D eigenvalue weighted by molar-refractivity contribution is 5.93. The van der Waals surface area contributed by atoms with E-state index in [4.69, 9.17) is 0 Å². The van der Waals surface area contributed by atoms with Crippen LogP contribution in [0.5, 0.6) is 0 Å². The third-order valence-corrected chi connectivity index (χ3v) is 3.47. The fraction of sp³-hybridized carbons (Fsp3) is 0.333. The Morgan fingerprint density at radius 1 is 1.14 bits per heavy atom. The fourth-order valence-corrected chi connectivity index (χ4v) is 2.21. The largest absolute Gasteiger partial charge is 0.352 e. The first-order valence-corrected chi connectivity index (χ1v) is 7.76. The van der Waals surface area contributed by atoms with Crippen molar-refractivity contribution in [2.75, 3.05) is 13.1 Å². The van der Waals surface area contributed by atoms with Crippen LogP contribution in [0.2, 0.25) is 0 Å². The molecule has 4 heteroatoms. The number of nitrogens with one attached hydrogen (secondary N) is 2. The molecule has 22 heavy (non-hydrogen) atoms. The van der Waals surface area contributed by atoms with Crippen molar-refractivity contribution < 1.29 is 4.79 Å². The second kappa shape index (κ2) is 8.95. The Kier molecular flexibility index (Phi) is 6.58. The maximum atomic E-state index is 11.8. The lowest BCUT2D eigenvalue weighted by molar-refractivity contribution is 0.0953. The van der Waals surface area contributed by atoms with Gasteiger partial charge in [0.05, 0.1) is 5.56 Å². The lowest BCUT2D eigenvalue weighted by Gasteiger charge is -2.07. The van der Waals surface area contributed by atoms with Gasteiger partial charge >= 0.3 is 0 Å². The van der Waals surface area contributed by atoms with Crippen LogP contribution in [0.3, 0.4) is 0 Å². The minimum atomic E-state index is -0.0660. The molecule has 1 aromatic heterocycles. The predicted octanol–water partition coefficient (Wildman–Crippen LogP) is 2.55. The van der Waals surface area contributed by atoms with Gasteiger partial charge in [0.2, 0.25) is 0 Å². The zero-order chi connectivity index (χ0) is 15.6. The van der Waals surface area contributed by atoms with Crippen molar-refractivity contribution in [1.82, 2.24) is 15.6 Å². The number of rotatable bonds is 8. The molecule has 0 radical (unpaired) electrons. The number of carbonyl (C=O) groups is 1. The quantitative estimate of drug-likeness (QED) is 0.736. The summed E-state index contributed by atoms with van der Waals surface area (Å²) in [6.07, 6.45) is 5.20. The minimum Gasteiger partial charge on any atom is -0.352 e. The van der Waals surface area contributed by atoms with Crippen LogP contribution in [-0.2, 0) is 13.0 Å². The summed E-state index contributed by atoms with van der Waals surface area (Å²) < 4.78 is 0. The molecule has 0 spiro atoms. The second-order valence-electron chi connectivity index (χ2n) is 5.20. The monoisotopic (exact) mass is 297 g/mol. The lowest BCUT2D eigenvalue weighted by atomic mass is 10.1. The van der Waals surface area contributed by atoms with Gasteiger partial charge in [0.1, 0.15) is 0 Å². The number of aryl methyl sites for hydroxylation is 1. The van der Waals surface area contributed by atoms with Gasteiger partial charge in [-0.3, -0.25) is 9.78 Å². The third-order valence-electron chi connectivity index (χ3n) is 3.47. The smallest absolute Gasteiger partial charge is 0.252 e. The topological polar surface area (TPSA) is 54.0 Å². The molecule has 2 N–H and O–H groups in total. The van der Waals surface area contributed by atoms with Gasteiger partial charge in [-0.2, -0.15) is 0 Å². The first-order chi connectivity index (χ1) is 10.8. The Morgan fingerprint density at radius 2 is 2.00 bits per heavy atom. The van der Waals surface area contributed by atoms with E-state index in [9.17, 15) is 4.79 Å². The summed E-state index contributed by atoms with van der Waals surface area (Å²) in [7, 11) is 0. The number of aromatic nitrogens is 1. The summed E-state index contributed by atoms with van der Waals surface area (Å²) in [6, 6.07) is 12.1. The van der Waals surface area contributed by atoms with E-state index < -0.39 is 0 Å². The fourth-order valence-electron chi connectivity index (χ4n) is 2.21. The summed E-state index contributed by atoms with van der Waals surface area (Å²) in [6.45, 7) is 4.57. The van der Waals surface area contributed by atoms with E-state index in [1.807, 2.05) is 0 Å². The summed E-state index contributed by atoms with van der Waals surface area (Å²) in [5.74, 6) is -0.0660. The van der Waals surface area contributed by atoms with E-state index >= 15 is 0 Å². The van der Waals surface area contributed by atoms with Gasteiger partial charge < -0.3 is 10.6 Å². The van der Waals surface area contributed by atoms with Gasteiger partial charge in [-0.15, -0.1) is 0 Å². The zero-order valence-electron chi connectivity index (χ0n) is 13.0. The Hall–Kier alpha value is -2.20. The van der Waals surface area contributed by atoms with E-state index in [1.165, 1.54) is 11.1 Å². The molecule has 0 bridgehead atoms. The zero-order valence-corrected chi connectivity index (χ0v) is 13.0. The van der Waals surface area contributed by atoms with E-state index in [0.29, 0.717) is 12.1 Å². The SMILES string of the molecule is CCc1cccc(CNCCCNC(=O)c2cccnc2)c1. The van der Waals surface area contributed by atoms with Gasteiger partial charge in [-0.1, -0.05) is 31.2 Å². The van der Waals surface area contributed by atoms with E-state index in [1.54, 1.807) is 24.5 Å². The molecule has 1 aromatic carbocycles. The molecule has 2 aromatic rings. The molecule has 0 unspecified atom stereocenters. The lowest BCUT2D eigenvalue weighted by Crippen LogP contribution is -2.27. The molecule has 0 aliphatic heterocycles. The molecule has 0 saturated carbocycles. The number of hydrogen-bond donors (Lipinski definition) is 2.